The fraction of sp³-hybridized carbons (Fsp3) is 0.529. The molecule has 1 fully saturated rings. The van der Waals surface area contributed by atoms with E-state index in [0.29, 0.717) is 36.6 Å². The van der Waals surface area contributed by atoms with Gasteiger partial charge < -0.3 is 20.3 Å². The second kappa shape index (κ2) is 13.2. The van der Waals surface area contributed by atoms with E-state index in [9.17, 15) is 10.1 Å². The normalized spacial score (nSPS) is 16.3. The molecule has 11 nitrogen and oxygen atoms in total. The van der Waals surface area contributed by atoms with E-state index in [4.69, 9.17) is 21.6 Å². The number of ether oxygens (including phenoxy) is 1. The van der Waals surface area contributed by atoms with Crippen LogP contribution in [-0.2, 0) is 11.3 Å². The second-order valence-corrected chi connectivity index (χ2v) is 6.54. The van der Waals surface area contributed by atoms with Gasteiger partial charge in [0.1, 0.15) is 16.1 Å². The quantitative estimate of drug-likeness (QED) is 0.180. The average Bonchev–Trinajstić information content (AvgIpc) is 3.21. The average molecular weight is 425 g/mol. The highest BCUT2D eigenvalue weighted by molar-refractivity contribution is 6.29. The predicted molar refractivity (Wildman–Crippen MR) is 110 cm³/mol. The summed E-state index contributed by atoms with van der Waals surface area (Å²) in [6, 6.07) is 3.63. The van der Waals surface area contributed by atoms with E-state index in [-0.39, 0.29) is 5.96 Å². The first kappa shape index (κ1) is 24.1. The summed E-state index contributed by atoms with van der Waals surface area (Å²) in [5, 5.41) is 26.8. The lowest BCUT2D eigenvalue weighted by atomic mass is 10.1. The van der Waals surface area contributed by atoms with Crippen LogP contribution in [-0.4, -0.2) is 60.6 Å². The highest BCUT2D eigenvalue weighted by atomic mass is 35.5. The summed E-state index contributed by atoms with van der Waals surface area (Å²) in [5.74, 6) is 1.27. The van der Waals surface area contributed by atoms with Crippen molar-refractivity contribution in [3.05, 3.63) is 39.2 Å². The Hall–Kier alpha value is -2.97. The first-order valence-corrected chi connectivity index (χ1v) is 9.20. The van der Waals surface area contributed by atoms with Crippen molar-refractivity contribution in [2.75, 3.05) is 33.9 Å². The maximum Gasteiger partial charge on any atom is 0.268 e. The Kier molecular flexibility index (Phi) is 11.0. The Morgan fingerprint density at radius 2 is 2.34 bits per heavy atom. The molecule has 0 saturated carbocycles. The molecule has 0 spiro atoms. The van der Waals surface area contributed by atoms with Crippen LogP contribution in [0.1, 0.15) is 18.9 Å². The summed E-state index contributed by atoms with van der Waals surface area (Å²) in [6.45, 7) is 4.57. The first-order chi connectivity index (χ1) is 13.8. The Balaban J connectivity index is 0.000000291. The number of hydrogen-bond acceptors (Lipinski definition) is 6. The van der Waals surface area contributed by atoms with Gasteiger partial charge in [0, 0.05) is 45.9 Å². The minimum Gasteiger partial charge on any atom is -0.381 e. The van der Waals surface area contributed by atoms with Crippen LogP contribution in [0.2, 0.25) is 5.15 Å². The van der Waals surface area contributed by atoms with Gasteiger partial charge in [0.15, 0.2) is 5.03 Å². The van der Waals surface area contributed by atoms with Crippen molar-refractivity contribution in [1.29, 1.82) is 5.26 Å². The summed E-state index contributed by atoms with van der Waals surface area (Å²) < 4.78 is 5.17. The zero-order chi connectivity index (χ0) is 21.6. The molecule has 29 heavy (non-hydrogen) atoms. The van der Waals surface area contributed by atoms with Crippen LogP contribution < -0.4 is 10.6 Å². The molecule has 12 heteroatoms. The number of hydrogen-bond donors (Lipinski definition) is 2. The fourth-order valence-corrected chi connectivity index (χ4v) is 2.40. The highest BCUT2D eigenvalue weighted by Crippen LogP contribution is 2.10. The number of amidine groups is 1. The van der Waals surface area contributed by atoms with Crippen LogP contribution in [0.15, 0.2) is 28.4 Å². The van der Waals surface area contributed by atoms with Crippen LogP contribution in [0.5, 0.6) is 0 Å². The van der Waals surface area contributed by atoms with Gasteiger partial charge >= 0.3 is 0 Å². The van der Waals surface area contributed by atoms with E-state index in [0.717, 1.165) is 18.6 Å². The first-order valence-electron chi connectivity index (χ1n) is 8.83. The molecule has 1 aliphatic rings. The van der Waals surface area contributed by atoms with E-state index in [1.165, 1.54) is 0 Å². The summed E-state index contributed by atoms with van der Waals surface area (Å²) in [6.07, 6.45) is 4.45. The van der Waals surface area contributed by atoms with Crippen molar-refractivity contribution in [2.45, 2.75) is 19.9 Å². The minimum absolute atomic E-state index is 0.182. The van der Waals surface area contributed by atoms with E-state index in [2.05, 4.69) is 25.7 Å². The number of nitrogens with zero attached hydrogens (tertiary/aromatic N) is 6. The van der Waals surface area contributed by atoms with Gasteiger partial charge in [0.25, 0.3) is 5.96 Å². The van der Waals surface area contributed by atoms with Gasteiger partial charge in [0.05, 0.1) is 6.61 Å². The van der Waals surface area contributed by atoms with Crippen LogP contribution in [0.25, 0.3) is 0 Å². The minimum atomic E-state index is -0.732. The fourth-order valence-electron chi connectivity index (χ4n) is 2.29. The summed E-state index contributed by atoms with van der Waals surface area (Å²) in [5.41, 5.74) is 1.02. The van der Waals surface area contributed by atoms with Crippen molar-refractivity contribution < 1.29 is 9.77 Å². The van der Waals surface area contributed by atoms with Crippen molar-refractivity contribution in [1.82, 2.24) is 20.5 Å². The Labute approximate surface area is 174 Å². The zero-order valence-electron chi connectivity index (χ0n) is 16.6. The molecule has 1 unspecified atom stereocenters. The van der Waals surface area contributed by atoms with Gasteiger partial charge in [-0.15, -0.1) is 0 Å². The molecular formula is C17H25ClN8O3. The molecule has 1 aromatic rings. The SMILES string of the molecule is C/C(=N\C#N)N(C)Cc1ccc(Cl)nc1.CN/C(=N/[N+](=O)[O-])NCC1CCOC1. The molecule has 0 aliphatic carbocycles. The molecule has 0 aromatic carbocycles. The van der Waals surface area contributed by atoms with Crippen molar-refractivity contribution in [3.8, 4) is 6.19 Å². The molecule has 2 rings (SSSR count). The Bertz CT molecular complexity index is 742. The topological polar surface area (TPSA) is 141 Å². The van der Waals surface area contributed by atoms with Crippen molar-refractivity contribution >= 4 is 23.4 Å². The number of guanidine groups is 1. The van der Waals surface area contributed by atoms with Crippen LogP contribution >= 0.6 is 11.6 Å². The third-order valence-corrected chi connectivity index (χ3v) is 4.20. The standard InChI is InChI=1S/C10H11ClN4.C7H14N4O3/c1-8(14-7-12)15(2)6-9-3-4-10(11)13-5-9;1-8-7(10-11(12)13)9-4-6-2-3-14-5-6/h3-5H,6H2,1-2H3;6H,2-5H2,1H3,(H2,8,9,10)/b14-8+;. The third kappa shape index (κ3) is 10.2. The molecular weight excluding hydrogens is 400 g/mol. The Morgan fingerprint density at radius 1 is 1.59 bits per heavy atom. The number of pyridine rings is 1. The molecule has 2 N–H and O–H groups in total. The molecule has 0 amide bonds. The largest absolute Gasteiger partial charge is 0.381 e. The number of aliphatic imine (C=N–C) groups is 1. The Morgan fingerprint density at radius 3 is 2.86 bits per heavy atom. The van der Waals surface area contributed by atoms with Gasteiger partial charge in [-0.2, -0.15) is 10.3 Å². The predicted octanol–water partition coefficient (Wildman–Crippen LogP) is 1.45. The van der Waals surface area contributed by atoms with E-state index < -0.39 is 5.03 Å². The van der Waals surface area contributed by atoms with Gasteiger partial charge in [-0.25, -0.2) is 15.1 Å². The van der Waals surface area contributed by atoms with Gasteiger partial charge in [0.2, 0.25) is 6.19 Å². The van der Waals surface area contributed by atoms with Crippen LogP contribution in [0.4, 0.5) is 0 Å². The van der Waals surface area contributed by atoms with E-state index in [1.807, 2.05) is 18.0 Å². The number of nitrogens with one attached hydrogen (secondary N) is 2. The maximum absolute atomic E-state index is 10.1. The molecule has 1 aliphatic heterocycles. The lowest BCUT2D eigenvalue weighted by Crippen LogP contribution is -2.38. The lowest BCUT2D eigenvalue weighted by Gasteiger charge is -2.17. The lowest BCUT2D eigenvalue weighted by molar-refractivity contribution is -0.485. The van der Waals surface area contributed by atoms with Gasteiger partial charge in [-0.05, 0) is 25.0 Å². The van der Waals surface area contributed by atoms with Gasteiger partial charge in [-0.3, -0.25) is 0 Å². The zero-order valence-corrected chi connectivity index (χ0v) is 17.4. The molecule has 2 heterocycles. The van der Waals surface area contributed by atoms with E-state index in [1.54, 1.807) is 32.4 Å². The summed E-state index contributed by atoms with van der Waals surface area (Å²) in [4.78, 5) is 19.6. The highest BCUT2D eigenvalue weighted by Gasteiger charge is 2.16. The summed E-state index contributed by atoms with van der Waals surface area (Å²) in [7, 11) is 3.45. The van der Waals surface area contributed by atoms with Crippen molar-refractivity contribution in [2.24, 2.45) is 16.0 Å². The van der Waals surface area contributed by atoms with Crippen molar-refractivity contribution in [3.63, 3.8) is 0 Å². The molecule has 1 aromatic heterocycles. The number of hydrazone groups is 1. The summed E-state index contributed by atoms with van der Waals surface area (Å²) >= 11 is 5.67. The number of nitro groups is 1. The maximum atomic E-state index is 10.1. The second-order valence-electron chi connectivity index (χ2n) is 6.15. The smallest absolute Gasteiger partial charge is 0.268 e. The number of halogens is 1. The van der Waals surface area contributed by atoms with Crippen LogP contribution in [0, 0.1) is 27.5 Å². The monoisotopic (exact) mass is 424 g/mol. The number of aromatic nitrogens is 1. The van der Waals surface area contributed by atoms with Gasteiger partial charge in [-0.1, -0.05) is 17.7 Å². The molecule has 0 radical (unpaired) electrons. The molecule has 158 valence electrons. The third-order valence-electron chi connectivity index (χ3n) is 3.97. The number of nitriles is 1. The molecule has 1 saturated heterocycles. The van der Waals surface area contributed by atoms with Crippen LogP contribution in [0.3, 0.4) is 0 Å². The number of rotatable bonds is 5. The molecule has 0 bridgehead atoms. The van der Waals surface area contributed by atoms with E-state index >= 15 is 0 Å². The molecule has 1 atom stereocenters.